The summed E-state index contributed by atoms with van der Waals surface area (Å²) in [5.41, 5.74) is 0. The monoisotopic (exact) mass is 136 g/mol. The molecule has 0 bridgehead atoms. The van der Waals surface area contributed by atoms with Gasteiger partial charge >= 0.3 is 68.5 Å². The molecule has 0 amide bonds. The Kier molecular flexibility index (Phi) is 343. The molecule has 0 saturated carbocycles. The second-order valence-electron chi connectivity index (χ2n) is 0.0962. The van der Waals surface area contributed by atoms with E-state index >= 15 is 0 Å². The Labute approximate surface area is 83.7 Å². The van der Waals surface area contributed by atoms with Crippen molar-refractivity contribution >= 4 is 7.35 Å². The molecule has 40 valence electrons. The molecule has 0 aliphatic carbocycles. The van der Waals surface area contributed by atoms with Gasteiger partial charge in [0.15, 0.2) is 0 Å². The first kappa shape index (κ1) is 41.7. The fourth-order valence-electron chi connectivity index (χ4n) is 0. The van der Waals surface area contributed by atoms with E-state index in [0.717, 1.165) is 0 Å². The van der Waals surface area contributed by atoms with Gasteiger partial charge in [-0.3, -0.25) is 0 Å². The van der Waals surface area contributed by atoms with Crippen LogP contribution in [-0.4, -0.2) is 23.8 Å². The maximum absolute atomic E-state index is 8.25. The second kappa shape index (κ2) is 57.7. The fraction of sp³-hybridized carbons (Fsp3) is 0. The van der Waals surface area contributed by atoms with Gasteiger partial charge in [-0.1, -0.05) is 0 Å². The Balaban J connectivity index is -0.00000000333. The molecule has 0 fully saturated rings. The van der Waals surface area contributed by atoms with Gasteiger partial charge in [0.25, 0.3) is 0 Å². The molecule has 0 aliphatic heterocycles. The molecule has 0 heterocycles. The minimum absolute atomic E-state index is 0. The minimum Gasteiger partial charge on any atom is 1.00 e. The van der Waals surface area contributed by atoms with Crippen LogP contribution in [0.4, 0.5) is 0 Å². The van der Waals surface area contributed by atoms with E-state index in [1.54, 1.807) is 0 Å². The van der Waals surface area contributed by atoms with E-state index in [1.807, 2.05) is 0 Å². The van der Waals surface area contributed by atoms with Crippen LogP contribution >= 0.6 is 0 Å². The second-order valence-corrected chi connectivity index (χ2v) is 0.0962. The van der Waals surface area contributed by atoms with Gasteiger partial charge in [-0.05, 0) is 0 Å². The topological polar surface area (TPSA) is 135 Å². The molecule has 0 atom stereocenters. The predicted molar refractivity (Wildman–Crippen MR) is 17.3 cm³/mol. The van der Waals surface area contributed by atoms with Crippen molar-refractivity contribution in [1.82, 2.24) is 0 Å². The number of rotatable bonds is 0. The van der Waals surface area contributed by atoms with Gasteiger partial charge < -0.3 is 16.4 Å². The molecule has 0 rings (SSSR count). The molecular formula is H6BKO5. The normalized spacial score (nSPS) is 1.14. The van der Waals surface area contributed by atoms with Crippen molar-refractivity contribution in [2.75, 3.05) is 0 Å². The predicted octanol–water partition coefficient (Wildman–Crippen LogP) is -7.16. The van der Waals surface area contributed by atoms with E-state index in [9.17, 15) is 0 Å². The zero-order valence-electron chi connectivity index (χ0n) is 3.89. The van der Waals surface area contributed by atoms with Gasteiger partial charge in [0, 0.05) is 0 Å². The van der Waals surface area contributed by atoms with Gasteiger partial charge in [0.2, 0.25) is 0 Å². The van der Waals surface area contributed by atoms with Crippen molar-refractivity contribution in [3.8, 4) is 0 Å². The maximum atomic E-state index is 8.25. The van der Waals surface area contributed by atoms with Crippen LogP contribution < -0.4 is 56.4 Å². The molecule has 0 radical (unpaired) electrons. The largest absolute Gasteiger partial charge is 1.00 e. The minimum atomic E-state index is -0.500. The summed E-state index contributed by atoms with van der Waals surface area (Å²) in [7, 11) is -0.500. The number of hydrogen-bond donors (Lipinski definition) is 0. The molecule has 0 aromatic carbocycles. The SMILES string of the molecule is O.O.O.O=B[O-].[K+]. The summed E-state index contributed by atoms with van der Waals surface area (Å²) in [4.78, 5) is 0. The zero-order valence-corrected chi connectivity index (χ0v) is 7.02. The van der Waals surface area contributed by atoms with Crippen LogP contribution in [-0.2, 0) is 4.70 Å². The van der Waals surface area contributed by atoms with Gasteiger partial charge in [0.05, 0.1) is 0 Å². The quantitative estimate of drug-likeness (QED) is 0.305. The summed E-state index contributed by atoms with van der Waals surface area (Å²) < 4.78 is 8.25. The van der Waals surface area contributed by atoms with Gasteiger partial charge in [0.1, 0.15) is 0 Å². The maximum Gasteiger partial charge on any atom is 1.00 e. The summed E-state index contributed by atoms with van der Waals surface area (Å²) in [5.74, 6) is 0. The molecule has 0 aliphatic rings. The fourth-order valence-corrected chi connectivity index (χ4v) is 0. The Bertz CT molecular complexity index is 15.6. The molecule has 5 nitrogen and oxygen atoms in total. The molecule has 0 spiro atoms. The zero-order chi connectivity index (χ0) is 2.71. The molecule has 7 heavy (non-hydrogen) atoms. The summed E-state index contributed by atoms with van der Waals surface area (Å²) in [5, 5.41) is 8.25. The third-order valence-corrected chi connectivity index (χ3v) is 0. The van der Waals surface area contributed by atoms with Gasteiger partial charge in [-0.25, -0.2) is 0 Å². The Morgan fingerprint density at radius 3 is 1.14 bits per heavy atom. The molecule has 6 N–H and O–H groups in total. The van der Waals surface area contributed by atoms with Crippen molar-refractivity contribution in [3.63, 3.8) is 0 Å². The van der Waals surface area contributed by atoms with Gasteiger partial charge in [-0.15, -0.1) is 0 Å². The molecule has 0 aromatic heterocycles. The van der Waals surface area contributed by atoms with Crippen molar-refractivity contribution in [2.45, 2.75) is 0 Å². The van der Waals surface area contributed by atoms with E-state index in [0.29, 0.717) is 0 Å². The smallest absolute Gasteiger partial charge is 1.00 e. The van der Waals surface area contributed by atoms with E-state index < -0.39 is 7.35 Å². The Morgan fingerprint density at radius 1 is 1.14 bits per heavy atom. The van der Waals surface area contributed by atoms with Crippen LogP contribution in [0.2, 0.25) is 0 Å². The first-order valence-electron chi connectivity index (χ1n) is 0.471. The first-order valence-corrected chi connectivity index (χ1v) is 0.471. The standard InChI is InChI=1S/BO2.K.3H2O/c2-1-3;;;;/h;;3*1H2/q-1;+1;;;. The Hall–Kier alpha value is 1.18. The summed E-state index contributed by atoms with van der Waals surface area (Å²) in [6, 6.07) is 0. The summed E-state index contributed by atoms with van der Waals surface area (Å²) >= 11 is 0. The third-order valence-electron chi connectivity index (χ3n) is 0. The van der Waals surface area contributed by atoms with E-state index in [1.165, 1.54) is 0 Å². The van der Waals surface area contributed by atoms with Crippen LogP contribution in [0, 0.1) is 0 Å². The van der Waals surface area contributed by atoms with Crippen molar-refractivity contribution in [2.24, 2.45) is 0 Å². The summed E-state index contributed by atoms with van der Waals surface area (Å²) in [6.45, 7) is 0. The van der Waals surface area contributed by atoms with Crippen LogP contribution in [0.5, 0.6) is 0 Å². The van der Waals surface area contributed by atoms with Crippen LogP contribution in [0.1, 0.15) is 0 Å². The molecule has 0 saturated heterocycles. The van der Waals surface area contributed by atoms with E-state index in [-0.39, 0.29) is 67.8 Å². The van der Waals surface area contributed by atoms with Crippen molar-refractivity contribution in [1.29, 1.82) is 0 Å². The van der Waals surface area contributed by atoms with Crippen molar-refractivity contribution in [3.05, 3.63) is 0 Å². The van der Waals surface area contributed by atoms with E-state index in [2.05, 4.69) is 0 Å². The average molecular weight is 136 g/mol. The molecule has 0 aromatic rings. The Morgan fingerprint density at radius 2 is 1.14 bits per heavy atom. The van der Waals surface area contributed by atoms with Crippen molar-refractivity contribution < 1.29 is 77.5 Å². The third kappa shape index (κ3) is 138. The number of hydrogen-bond acceptors (Lipinski definition) is 2. The molecule has 7 heteroatoms. The molecule has 0 unspecified atom stereocenters. The van der Waals surface area contributed by atoms with Gasteiger partial charge in [-0.2, -0.15) is 0 Å². The van der Waals surface area contributed by atoms with Crippen LogP contribution in [0.15, 0.2) is 0 Å². The first-order chi connectivity index (χ1) is 1.41. The summed E-state index contributed by atoms with van der Waals surface area (Å²) in [6.07, 6.45) is 0. The average Bonchev–Trinajstić information content (AvgIpc) is 0.918. The van der Waals surface area contributed by atoms with E-state index in [4.69, 9.17) is 9.73 Å². The van der Waals surface area contributed by atoms with Crippen LogP contribution in [0.3, 0.4) is 0 Å². The van der Waals surface area contributed by atoms with Crippen LogP contribution in [0.25, 0.3) is 0 Å². The molecular weight excluding hydrogens is 130 g/mol.